The van der Waals surface area contributed by atoms with E-state index in [1.165, 1.54) is 28.4 Å². The minimum atomic E-state index is -0.847. The van der Waals surface area contributed by atoms with Crippen molar-refractivity contribution in [2.75, 3.05) is 0 Å². The van der Waals surface area contributed by atoms with Gasteiger partial charge in [0, 0.05) is 10.4 Å². The van der Waals surface area contributed by atoms with Crippen LogP contribution in [0.5, 0.6) is 0 Å². The Kier molecular flexibility index (Phi) is 5.25. The number of benzene rings is 1. The molecule has 1 amide bonds. The Morgan fingerprint density at radius 2 is 1.97 bits per heavy atom. The number of furan rings is 1. The summed E-state index contributed by atoms with van der Waals surface area (Å²) in [6, 6.07) is 10.9. The molecule has 1 saturated heterocycles. The molecule has 0 spiro atoms. The largest absolute Gasteiger partial charge is 0.507 e. The third kappa shape index (κ3) is 3.59. The lowest BCUT2D eigenvalue weighted by molar-refractivity contribution is -0.140. The highest BCUT2D eigenvalue weighted by Gasteiger charge is 2.47. The number of nitrogens with zero attached hydrogens (tertiary/aromatic N) is 1. The predicted octanol–water partition coefficient (Wildman–Crippen LogP) is 5.58. The van der Waals surface area contributed by atoms with Gasteiger partial charge in [-0.2, -0.15) is 0 Å². The highest BCUT2D eigenvalue weighted by molar-refractivity contribution is 7.09. The number of hydrogen-bond donors (Lipinski definition) is 1. The number of thiophene rings is 1. The SMILES string of the molecule is Cc1ccc(C2/C(=C(/O)c3ccc(Cl)c(Cl)c3)C(=O)C(=O)N2Cc2cccs2)o1. The molecule has 1 atom stereocenters. The van der Waals surface area contributed by atoms with Crippen molar-refractivity contribution in [1.29, 1.82) is 0 Å². The third-order valence-electron chi connectivity index (χ3n) is 4.67. The Hall–Kier alpha value is -2.54. The number of ketones is 1. The zero-order valence-electron chi connectivity index (χ0n) is 15.2. The van der Waals surface area contributed by atoms with Gasteiger partial charge in [-0.15, -0.1) is 11.3 Å². The van der Waals surface area contributed by atoms with Crippen molar-refractivity contribution in [2.24, 2.45) is 0 Å². The van der Waals surface area contributed by atoms with Crippen molar-refractivity contribution in [1.82, 2.24) is 4.90 Å². The lowest BCUT2D eigenvalue weighted by Gasteiger charge is -2.22. The van der Waals surface area contributed by atoms with E-state index in [1.807, 2.05) is 17.5 Å². The Morgan fingerprint density at radius 1 is 1.17 bits per heavy atom. The highest BCUT2D eigenvalue weighted by Crippen LogP contribution is 2.41. The first-order valence-electron chi connectivity index (χ1n) is 8.69. The van der Waals surface area contributed by atoms with Crippen LogP contribution in [0, 0.1) is 6.92 Å². The number of aliphatic hydroxyl groups is 1. The molecule has 1 unspecified atom stereocenters. The molecule has 148 valence electrons. The fourth-order valence-corrected chi connectivity index (χ4v) is 4.31. The van der Waals surface area contributed by atoms with Crippen molar-refractivity contribution >= 4 is 52.0 Å². The van der Waals surface area contributed by atoms with Gasteiger partial charge in [0.25, 0.3) is 11.7 Å². The lowest BCUT2D eigenvalue weighted by Crippen LogP contribution is -2.28. The minimum absolute atomic E-state index is 0.0423. The average Bonchev–Trinajstić information content (AvgIpc) is 3.41. The Labute approximate surface area is 180 Å². The molecular weight excluding hydrogens is 433 g/mol. The number of rotatable bonds is 4. The molecule has 0 radical (unpaired) electrons. The number of Topliss-reactive ketones (excluding diaryl/α,β-unsaturated/α-hetero) is 1. The summed E-state index contributed by atoms with van der Waals surface area (Å²) in [7, 11) is 0. The Morgan fingerprint density at radius 3 is 2.59 bits per heavy atom. The topological polar surface area (TPSA) is 70.8 Å². The standard InChI is InChI=1S/C21H15Cl2NO4S/c1-11-4-7-16(28-11)18-17(19(25)12-5-6-14(22)15(23)9-12)20(26)21(27)24(18)10-13-3-2-8-29-13/h2-9,18,25H,10H2,1H3/b19-17-. The summed E-state index contributed by atoms with van der Waals surface area (Å²) >= 11 is 13.5. The summed E-state index contributed by atoms with van der Waals surface area (Å²) in [6.07, 6.45) is 0. The predicted molar refractivity (Wildman–Crippen MR) is 112 cm³/mol. The van der Waals surface area contributed by atoms with Crippen molar-refractivity contribution in [3.8, 4) is 0 Å². The smallest absolute Gasteiger partial charge is 0.296 e. The fraction of sp³-hybridized carbons (Fsp3) is 0.143. The van der Waals surface area contributed by atoms with Gasteiger partial charge in [-0.25, -0.2) is 0 Å². The molecule has 3 aromatic rings. The summed E-state index contributed by atoms with van der Waals surface area (Å²) in [5.41, 5.74) is 0.251. The van der Waals surface area contributed by atoms with Gasteiger partial charge in [0.05, 0.1) is 22.2 Å². The van der Waals surface area contributed by atoms with E-state index in [0.717, 1.165) is 4.88 Å². The van der Waals surface area contributed by atoms with Gasteiger partial charge in [0.1, 0.15) is 23.3 Å². The number of aliphatic hydroxyl groups excluding tert-OH is 1. The summed E-state index contributed by atoms with van der Waals surface area (Å²) in [6.45, 7) is 2.00. The second-order valence-electron chi connectivity index (χ2n) is 6.58. The molecule has 5 nitrogen and oxygen atoms in total. The van der Waals surface area contributed by atoms with Gasteiger partial charge in [0.15, 0.2) is 0 Å². The maximum atomic E-state index is 12.9. The molecule has 1 N–H and O–H groups in total. The van der Waals surface area contributed by atoms with Crippen LogP contribution >= 0.6 is 34.5 Å². The van der Waals surface area contributed by atoms with Gasteiger partial charge in [-0.1, -0.05) is 29.3 Å². The van der Waals surface area contributed by atoms with E-state index in [1.54, 1.807) is 25.1 Å². The summed E-state index contributed by atoms with van der Waals surface area (Å²) in [5, 5.41) is 13.4. The van der Waals surface area contributed by atoms with E-state index in [0.29, 0.717) is 22.1 Å². The molecule has 3 heterocycles. The number of likely N-dealkylation sites (tertiary alicyclic amines) is 1. The van der Waals surface area contributed by atoms with Crippen molar-refractivity contribution in [3.63, 3.8) is 0 Å². The molecule has 8 heteroatoms. The molecular formula is C21H15Cl2NO4S. The first-order valence-corrected chi connectivity index (χ1v) is 10.3. The molecule has 1 aliphatic heterocycles. The fourth-order valence-electron chi connectivity index (χ4n) is 3.31. The van der Waals surface area contributed by atoms with Crippen molar-refractivity contribution in [3.05, 3.63) is 85.4 Å². The van der Waals surface area contributed by atoms with Crippen LogP contribution in [-0.2, 0) is 16.1 Å². The zero-order chi connectivity index (χ0) is 20.7. The summed E-state index contributed by atoms with van der Waals surface area (Å²) in [5.74, 6) is -0.756. The number of hydrogen-bond acceptors (Lipinski definition) is 5. The van der Waals surface area contributed by atoms with Gasteiger partial charge in [0.2, 0.25) is 0 Å². The van der Waals surface area contributed by atoms with E-state index < -0.39 is 17.7 Å². The molecule has 1 fully saturated rings. The van der Waals surface area contributed by atoms with Crippen molar-refractivity contribution in [2.45, 2.75) is 19.5 Å². The maximum Gasteiger partial charge on any atom is 0.296 e. The van der Waals surface area contributed by atoms with Crippen LogP contribution < -0.4 is 0 Å². The van der Waals surface area contributed by atoms with Crippen LogP contribution in [0.15, 0.2) is 57.8 Å². The van der Waals surface area contributed by atoms with Crippen LogP contribution in [0.4, 0.5) is 0 Å². The second-order valence-corrected chi connectivity index (χ2v) is 8.43. The third-order valence-corrected chi connectivity index (χ3v) is 6.27. The van der Waals surface area contributed by atoms with E-state index in [2.05, 4.69) is 0 Å². The molecule has 4 rings (SSSR count). The molecule has 2 aromatic heterocycles. The number of halogens is 2. The van der Waals surface area contributed by atoms with Gasteiger partial charge >= 0.3 is 0 Å². The normalized spacial score (nSPS) is 18.6. The maximum absolute atomic E-state index is 12.9. The van der Waals surface area contributed by atoms with Crippen molar-refractivity contribution < 1.29 is 19.1 Å². The van der Waals surface area contributed by atoms with E-state index in [-0.39, 0.29) is 22.9 Å². The average molecular weight is 448 g/mol. The molecule has 0 aliphatic carbocycles. The van der Waals surface area contributed by atoms with Gasteiger partial charge < -0.3 is 14.4 Å². The molecule has 1 aromatic carbocycles. The Balaban J connectivity index is 1.87. The van der Waals surface area contributed by atoms with E-state index in [4.69, 9.17) is 27.6 Å². The molecule has 29 heavy (non-hydrogen) atoms. The Bertz CT molecular complexity index is 1130. The molecule has 0 saturated carbocycles. The molecule has 0 bridgehead atoms. The van der Waals surface area contributed by atoms with Gasteiger partial charge in [-0.05, 0) is 48.7 Å². The number of carbonyl (C=O) groups excluding carboxylic acids is 2. The summed E-state index contributed by atoms with van der Waals surface area (Å²) < 4.78 is 5.74. The van der Waals surface area contributed by atoms with Crippen LogP contribution in [0.25, 0.3) is 5.76 Å². The second kappa shape index (κ2) is 7.71. The van der Waals surface area contributed by atoms with Gasteiger partial charge in [-0.3, -0.25) is 9.59 Å². The monoisotopic (exact) mass is 447 g/mol. The van der Waals surface area contributed by atoms with Crippen LogP contribution in [0.1, 0.15) is 28.0 Å². The van der Waals surface area contributed by atoms with Crippen LogP contribution in [0.2, 0.25) is 10.0 Å². The number of amides is 1. The van der Waals surface area contributed by atoms with Crippen LogP contribution in [0.3, 0.4) is 0 Å². The van der Waals surface area contributed by atoms with Crippen LogP contribution in [-0.4, -0.2) is 21.7 Å². The number of aryl methyl sites for hydroxylation is 1. The highest BCUT2D eigenvalue weighted by atomic mass is 35.5. The summed E-state index contributed by atoms with van der Waals surface area (Å²) in [4.78, 5) is 28.1. The molecule has 1 aliphatic rings. The zero-order valence-corrected chi connectivity index (χ0v) is 17.5. The number of carbonyl (C=O) groups is 2. The lowest BCUT2D eigenvalue weighted by atomic mass is 9.99. The first kappa shape index (κ1) is 19.8. The van der Waals surface area contributed by atoms with E-state index in [9.17, 15) is 14.7 Å². The minimum Gasteiger partial charge on any atom is -0.507 e. The quantitative estimate of drug-likeness (QED) is 0.322. The van der Waals surface area contributed by atoms with E-state index >= 15 is 0 Å². The first-order chi connectivity index (χ1) is 13.9.